The Morgan fingerprint density at radius 2 is 0.646 bits per heavy atom. The summed E-state index contributed by atoms with van der Waals surface area (Å²) in [7, 11) is 0. The van der Waals surface area contributed by atoms with Gasteiger partial charge in [0.05, 0.1) is 0 Å². The monoisotopic (exact) mass is 665 g/mol. The Bertz CT molecular complexity index is 891. The van der Waals surface area contributed by atoms with Crippen molar-refractivity contribution in [3.05, 3.63) is 0 Å². The van der Waals surface area contributed by atoms with Crippen molar-refractivity contribution >= 4 is 0 Å². The van der Waals surface area contributed by atoms with Gasteiger partial charge in [0.25, 0.3) is 0 Å². The van der Waals surface area contributed by atoms with E-state index in [0.717, 1.165) is 71.0 Å². The van der Waals surface area contributed by atoms with Crippen molar-refractivity contribution in [1.82, 2.24) is 0 Å². The molecular weight excluding hydrogens is 577 g/mol. The highest BCUT2D eigenvalue weighted by Gasteiger charge is 2.43. The molecule has 0 heterocycles. The van der Waals surface area contributed by atoms with E-state index in [2.05, 4.69) is 83.1 Å². The van der Waals surface area contributed by atoms with Gasteiger partial charge in [-0.2, -0.15) is 0 Å². The van der Waals surface area contributed by atoms with Crippen LogP contribution in [0.2, 0.25) is 0 Å². The van der Waals surface area contributed by atoms with Crippen LogP contribution in [0.3, 0.4) is 0 Å². The molecule has 0 nitrogen and oxygen atoms in total. The van der Waals surface area contributed by atoms with Crippen LogP contribution in [-0.2, 0) is 0 Å². The highest BCUT2D eigenvalue weighted by Crippen LogP contribution is 2.54. The summed E-state index contributed by atoms with van der Waals surface area (Å²) in [6, 6.07) is 0. The van der Waals surface area contributed by atoms with E-state index in [1.807, 2.05) is 0 Å². The molecule has 48 heavy (non-hydrogen) atoms. The summed E-state index contributed by atoms with van der Waals surface area (Å²) >= 11 is 0. The lowest BCUT2D eigenvalue weighted by atomic mass is 9.67. The molecule has 8 fully saturated rings. The van der Waals surface area contributed by atoms with Crippen LogP contribution < -0.4 is 0 Å². The largest absolute Gasteiger partial charge is 0.0599 e. The molecule has 8 aliphatic rings. The van der Waals surface area contributed by atoms with Crippen molar-refractivity contribution < 1.29 is 0 Å². The van der Waals surface area contributed by atoms with Gasteiger partial charge in [-0.3, -0.25) is 0 Å². The highest BCUT2D eigenvalue weighted by atomic mass is 14.5. The third-order valence-electron chi connectivity index (χ3n) is 16.5. The third kappa shape index (κ3) is 10.3. The smallest absolute Gasteiger partial charge is 0.0334 e. The molecule has 0 N–H and O–H groups in total. The maximum Gasteiger partial charge on any atom is -0.0334 e. The zero-order valence-electron chi connectivity index (χ0n) is 35.1. The van der Waals surface area contributed by atoms with Gasteiger partial charge in [0.1, 0.15) is 0 Å². The van der Waals surface area contributed by atoms with Crippen LogP contribution in [0.15, 0.2) is 0 Å². The summed E-state index contributed by atoms with van der Waals surface area (Å²) < 4.78 is 0. The average Bonchev–Trinajstić information content (AvgIpc) is 3.72. The molecule has 0 aromatic rings. The molecule has 0 aromatic carbocycles. The molecule has 0 heteroatoms. The second-order valence-corrected chi connectivity index (χ2v) is 24.1. The highest BCUT2D eigenvalue weighted by molar-refractivity contribution is 4.94. The number of hydrogen-bond acceptors (Lipinski definition) is 0. The summed E-state index contributed by atoms with van der Waals surface area (Å²) in [5, 5.41) is 0. The fraction of sp³-hybridized carbons (Fsp3) is 1.00. The molecular formula is C48H88. The van der Waals surface area contributed by atoms with E-state index in [-0.39, 0.29) is 0 Å². The summed E-state index contributed by atoms with van der Waals surface area (Å²) in [6.45, 7) is 29.1. The number of fused-ring (bicyclic) bond motifs is 8. The molecule has 11 atom stereocenters. The van der Waals surface area contributed by atoms with E-state index in [4.69, 9.17) is 0 Å². The molecule has 8 bridgehead atoms. The van der Waals surface area contributed by atoms with Gasteiger partial charge in [-0.05, 0) is 163 Å². The average molecular weight is 665 g/mol. The van der Waals surface area contributed by atoms with E-state index in [9.17, 15) is 0 Å². The molecule has 11 unspecified atom stereocenters. The van der Waals surface area contributed by atoms with Crippen LogP contribution in [0.5, 0.6) is 0 Å². The van der Waals surface area contributed by atoms with Crippen LogP contribution in [-0.4, -0.2) is 0 Å². The Labute approximate surface area is 303 Å². The summed E-state index contributed by atoms with van der Waals surface area (Å²) in [5.41, 5.74) is 2.28. The molecule has 0 spiro atoms. The van der Waals surface area contributed by atoms with Crippen molar-refractivity contribution in [2.45, 2.75) is 212 Å². The third-order valence-corrected chi connectivity index (χ3v) is 16.5. The molecule has 0 aliphatic heterocycles. The molecule has 0 aromatic heterocycles. The molecule has 8 aliphatic carbocycles. The van der Waals surface area contributed by atoms with Gasteiger partial charge in [0.2, 0.25) is 0 Å². The first kappa shape index (κ1) is 39.2. The molecule has 0 saturated heterocycles. The van der Waals surface area contributed by atoms with Gasteiger partial charge < -0.3 is 0 Å². The first-order chi connectivity index (χ1) is 22.3. The van der Waals surface area contributed by atoms with Crippen molar-refractivity contribution in [3.63, 3.8) is 0 Å². The lowest BCUT2D eigenvalue weighted by molar-refractivity contribution is 0.116. The minimum atomic E-state index is 0.569. The zero-order chi connectivity index (χ0) is 35.1. The fourth-order valence-corrected chi connectivity index (χ4v) is 13.8. The van der Waals surface area contributed by atoms with E-state index in [0.29, 0.717) is 21.7 Å². The van der Waals surface area contributed by atoms with Crippen molar-refractivity contribution in [1.29, 1.82) is 0 Å². The van der Waals surface area contributed by atoms with Crippen molar-refractivity contribution in [3.8, 4) is 0 Å². The van der Waals surface area contributed by atoms with Gasteiger partial charge in [0.15, 0.2) is 0 Å². The summed E-state index contributed by atoms with van der Waals surface area (Å²) in [6.07, 6.45) is 30.7. The Hall–Kier alpha value is 0. The van der Waals surface area contributed by atoms with Crippen molar-refractivity contribution in [2.24, 2.45) is 92.7 Å². The Morgan fingerprint density at radius 1 is 0.271 bits per heavy atom. The molecule has 0 amide bonds. The van der Waals surface area contributed by atoms with Crippen LogP contribution in [0.4, 0.5) is 0 Å². The van der Waals surface area contributed by atoms with Gasteiger partial charge in [0, 0.05) is 0 Å². The molecule has 8 saturated carbocycles. The molecule has 280 valence electrons. The minimum absolute atomic E-state index is 0.569. The normalized spacial score (nSPS) is 41.8. The quantitative estimate of drug-likeness (QED) is 0.242. The second-order valence-electron chi connectivity index (χ2n) is 24.1. The predicted octanol–water partition coefficient (Wildman–Crippen LogP) is 15.4. The van der Waals surface area contributed by atoms with Gasteiger partial charge in [-0.25, -0.2) is 0 Å². The molecule has 0 radical (unpaired) electrons. The first-order valence-corrected chi connectivity index (χ1v) is 22.3. The van der Waals surface area contributed by atoms with E-state index in [1.165, 1.54) is 103 Å². The first-order valence-electron chi connectivity index (χ1n) is 22.3. The minimum Gasteiger partial charge on any atom is -0.0599 e. The predicted molar refractivity (Wildman–Crippen MR) is 212 cm³/mol. The maximum atomic E-state index is 2.43. The van der Waals surface area contributed by atoms with Gasteiger partial charge >= 0.3 is 0 Å². The van der Waals surface area contributed by atoms with Crippen LogP contribution in [0, 0.1) is 92.7 Å². The second kappa shape index (κ2) is 15.5. The van der Waals surface area contributed by atoms with E-state index < -0.39 is 0 Å². The van der Waals surface area contributed by atoms with Crippen molar-refractivity contribution in [2.75, 3.05) is 0 Å². The fourth-order valence-electron chi connectivity index (χ4n) is 13.8. The van der Waals surface area contributed by atoms with Gasteiger partial charge in [-0.15, -0.1) is 0 Å². The van der Waals surface area contributed by atoms with Crippen LogP contribution in [0.25, 0.3) is 0 Å². The number of hydrogen-bond donors (Lipinski definition) is 0. The van der Waals surface area contributed by atoms with Crippen LogP contribution in [0.1, 0.15) is 212 Å². The maximum absolute atomic E-state index is 2.43. The van der Waals surface area contributed by atoms with E-state index >= 15 is 0 Å². The Morgan fingerprint density at radius 3 is 1.06 bits per heavy atom. The molecule has 8 rings (SSSR count). The Balaban J connectivity index is 0.000000125. The standard InChI is InChI=1S/4C12H22/c2*1-12(2,3)11-7-5-9-4-6-10(11)8-9;1-12(2,3)11-7-9-4-5-10(6-9)8-11;1-12(2,3)11-8-9-5-4-6-10(11)7-9/h4*9-11H,4-8H2,1-3H3. The topological polar surface area (TPSA) is 0 Å². The summed E-state index contributed by atoms with van der Waals surface area (Å²) in [4.78, 5) is 0. The van der Waals surface area contributed by atoms with Gasteiger partial charge in [-0.1, -0.05) is 141 Å². The lowest BCUT2D eigenvalue weighted by Gasteiger charge is -2.38. The lowest BCUT2D eigenvalue weighted by Crippen LogP contribution is -2.29. The zero-order valence-corrected chi connectivity index (χ0v) is 35.1. The Kier molecular flexibility index (Phi) is 12.7. The van der Waals surface area contributed by atoms with E-state index in [1.54, 1.807) is 25.7 Å². The van der Waals surface area contributed by atoms with Crippen LogP contribution >= 0.6 is 0 Å². The number of rotatable bonds is 0. The summed E-state index contributed by atoms with van der Waals surface area (Å²) in [5.74, 6) is 12.9. The SMILES string of the molecule is CC(C)(C)C1CC2CCC(C2)C1.CC(C)(C)C1CC2CCCC1C2.CC(C)(C)C1CCC2CCC1C2.CC(C)(C)C1CCC2CCC1C2.